The summed E-state index contributed by atoms with van der Waals surface area (Å²) in [6.45, 7) is 1.05. The summed E-state index contributed by atoms with van der Waals surface area (Å²) in [5.41, 5.74) is 6.61. The number of nitrogens with zero attached hydrogens (tertiary/aromatic N) is 1. The van der Waals surface area contributed by atoms with Crippen LogP contribution in [0.3, 0.4) is 0 Å². The van der Waals surface area contributed by atoms with Gasteiger partial charge < -0.3 is 36.0 Å². The van der Waals surface area contributed by atoms with Crippen molar-refractivity contribution in [3.05, 3.63) is 64.7 Å². The van der Waals surface area contributed by atoms with Gasteiger partial charge in [0.1, 0.15) is 18.2 Å². The molecule has 0 bridgehead atoms. The van der Waals surface area contributed by atoms with Crippen molar-refractivity contribution in [1.29, 1.82) is 5.41 Å². The SMILES string of the molecule is N=C(N)c1ccc(CC(=O)C(=O)O)c(OC[C@@H](CC(=O)O)NC(=O)c2ccc(C(=O)N3CCCC3)cc2)c1.O=C(O)C(F)(F)F. The van der Waals surface area contributed by atoms with Crippen LogP contribution in [0.1, 0.15) is 51.1 Å². The molecule has 0 spiro atoms. The second kappa shape index (κ2) is 15.8. The second-order valence-corrected chi connectivity index (χ2v) is 9.60. The minimum absolute atomic E-state index is 0.0294. The summed E-state index contributed by atoms with van der Waals surface area (Å²) in [5.74, 6) is -7.65. The summed E-state index contributed by atoms with van der Waals surface area (Å²) in [6.07, 6.45) is -4.17. The van der Waals surface area contributed by atoms with E-state index in [9.17, 15) is 42.3 Å². The summed E-state index contributed by atoms with van der Waals surface area (Å²) in [5, 5.41) is 35.6. The fraction of sp³-hybridized carbons (Fsp3) is 0.321. The maximum Gasteiger partial charge on any atom is 0.490 e. The number of hydrogen-bond donors (Lipinski definition) is 6. The molecule has 1 aliphatic rings. The van der Waals surface area contributed by atoms with Crippen molar-refractivity contribution in [2.75, 3.05) is 19.7 Å². The van der Waals surface area contributed by atoms with E-state index in [1.165, 1.54) is 42.5 Å². The number of nitrogen functional groups attached to an aromatic ring is 1. The molecule has 1 saturated heterocycles. The molecule has 0 aliphatic carbocycles. The van der Waals surface area contributed by atoms with Crippen LogP contribution in [0.2, 0.25) is 0 Å². The molecule has 3 rings (SSSR count). The van der Waals surface area contributed by atoms with Crippen LogP contribution in [0.25, 0.3) is 0 Å². The lowest BCUT2D eigenvalue weighted by Crippen LogP contribution is -2.40. The van der Waals surface area contributed by atoms with Crippen molar-refractivity contribution < 1.29 is 62.0 Å². The Morgan fingerprint density at radius 3 is 1.96 bits per heavy atom. The zero-order chi connectivity index (χ0) is 33.9. The lowest BCUT2D eigenvalue weighted by atomic mass is 10.0. The maximum absolute atomic E-state index is 12.8. The van der Waals surface area contributed by atoms with E-state index in [1.807, 2.05) is 0 Å². The molecule has 0 unspecified atom stereocenters. The number of nitrogens with one attached hydrogen (secondary N) is 2. The van der Waals surface area contributed by atoms with Gasteiger partial charge in [-0.15, -0.1) is 0 Å². The first-order chi connectivity index (χ1) is 21.0. The van der Waals surface area contributed by atoms with Crippen LogP contribution < -0.4 is 15.8 Å². The highest BCUT2D eigenvalue weighted by Gasteiger charge is 2.38. The number of carbonyl (C=O) groups is 6. The third-order valence-corrected chi connectivity index (χ3v) is 6.19. The third kappa shape index (κ3) is 11.3. The van der Waals surface area contributed by atoms with Gasteiger partial charge in [-0.05, 0) is 43.2 Å². The molecule has 242 valence electrons. The van der Waals surface area contributed by atoms with E-state index in [2.05, 4.69) is 5.32 Å². The van der Waals surface area contributed by atoms with Crippen molar-refractivity contribution in [3.63, 3.8) is 0 Å². The number of carbonyl (C=O) groups excluding carboxylic acids is 3. The smallest absolute Gasteiger partial charge is 0.490 e. The molecule has 2 aromatic carbocycles. The van der Waals surface area contributed by atoms with E-state index in [-0.39, 0.29) is 40.8 Å². The molecule has 45 heavy (non-hydrogen) atoms. The molecule has 14 nitrogen and oxygen atoms in total. The normalized spacial score (nSPS) is 13.1. The standard InChI is InChI=1S/C26H28N4O8.C2HF3O2/c27-23(28)18-8-7-17(11-20(31)26(36)37)21(12-18)38-14-19(13-22(32)33)29-24(34)15-3-5-16(6-4-15)25(35)30-9-1-2-10-30;3-2(4,5)1(6)7/h3-8,12,19H,1-2,9-11,13-14H2,(H3,27,28)(H,29,34)(H,32,33)(H,36,37);(H,6,7)/t19-;/m1./s1. The number of benzene rings is 2. The molecule has 2 aromatic rings. The molecule has 1 fully saturated rings. The first kappa shape index (κ1) is 35.7. The summed E-state index contributed by atoms with van der Waals surface area (Å²) in [6, 6.07) is 9.18. The lowest BCUT2D eigenvalue weighted by molar-refractivity contribution is -0.192. The van der Waals surface area contributed by atoms with Crippen LogP contribution in [0, 0.1) is 5.41 Å². The number of carboxylic acid groups (broad SMARTS) is 3. The fourth-order valence-electron chi connectivity index (χ4n) is 3.94. The molecule has 7 N–H and O–H groups in total. The number of Topliss-reactive ketones (excluding diaryl/α,β-unsaturated/α-hetero) is 1. The number of ketones is 1. The number of alkyl halides is 3. The molecule has 0 saturated carbocycles. The van der Waals surface area contributed by atoms with Crippen LogP contribution in [0.4, 0.5) is 13.2 Å². The Bertz CT molecular complexity index is 1460. The van der Waals surface area contributed by atoms with Gasteiger partial charge in [-0.1, -0.05) is 12.1 Å². The quantitative estimate of drug-likeness (QED) is 0.111. The van der Waals surface area contributed by atoms with Crippen molar-refractivity contribution in [2.24, 2.45) is 5.73 Å². The first-order valence-electron chi connectivity index (χ1n) is 13.1. The van der Waals surface area contributed by atoms with Crippen LogP contribution in [0.5, 0.6) is 5.75 Å². The van der Waals surface area contributed by atoms with Crippen LogP contribution >= 0.6 is 0 Å². The summed E-state index contributed by atoms with van der Waals surface area (Å²) >= 11 is 0. The highest BCUT2D eigenvalue weighted by atomic mass is 19.4. The molecule has 2 amide bonds. The summed E-state index contributed by atoms with van der Waals surface area (Å²) in [4.78, 5) is 70.1. The molecule has 1 aliphatic heterocycles. The van der Waals surface area contributed by atoms with E-state index in [4.69, 9.17) is 30.9 Å². The molecular weight excluding hydrogens is 609 g/mol. The van der Waals surface area contributed by atoms with Crippen LogP contribution in [-0.4, -0.2) is 93.5 Å². The van der Waals surface area contributed by atoms with E-state index < -0.39 is 54.7 Å². The van der Waals surface area contributed by atoms with Crippen LogP contribution in [0.15, 0.2) is 42.5 Å². The van der Waals surface area contributed by atoms with Gasteiger partial charge in [0.05, 0.1) is 12.5 Å². The Morgan fingerprint density at radius 1 is 0.933 bits per heavy atom. The average Bonchev–Trinajstić information content (AvgIpc) is 3.50. The van der Waals surface area contributed by atoms with Gasteiger partial charge in [0.15, 0.2) is 0 Å². The van der Waals surface area contributed by atoms with Crippen molar-refractivity contribution in [1.82, 2.24) is 10.2 Å². The number of likely N-dealkylation sites (tertiary alicyclic amines) is 1. The highest BCUT2D eigenvalue weighted by molar-refractivity contribution is 6.33. The maximum atomic E-state index is 12.8. The number of aliphatic carboxylic acids is 3. The monoisotopic (exact) mass is 638 g/mol. The zero-order valence-electron chi connectivity index (χ0n) is 23.4. The zero-order valence-corrected chi connectivity index (χ0v) is 23.4. The third-order valence-electron chi connectivity index (χ3n) is 6.19. The predicted molar refractivity (Wildman–Crippen MR) is 148 cm³/mol. The summed E-state index contributed by atoms with van der Waals surface area (Å²) in [7, 11) is 0. The number of hydrogen-bond acceptors (Lipinski definition) is 8. The molecule has 0 radical (unpaired) electrons. The van der Waals surface area contributed by atoms with E-state index in [0.717, 1.165) is 12.8 Å². The van der Waals surface area contributed by atoms with Gasteiger partial charge in [0.2, 0.25) is 5.78 Å². The van der Waals surface area contributed by atoms with Crippen molar-refractivity contribution >= 4 is 41.3 Å². The Hall–Kier alpha value is -5.48. The number of rotatable bonds is 12. The average molecular weight is 639 g/mol. The van der Waals surface area contributed by atoms with Crippen molar-refractivity contribution in [2.45, 2.75) is 37.9 Å². The van der Waals surface area contributed by atoms with Gasteiger partial charge in [0.25, 0.3) is 11.8 Å². The van der Waals surface area contributed by atoms with Gasteiger partial charge in [0, 0.05) is 41.8 Å². The number of amides is 2. The van der Waals surface area contributed by atoms with Gasteiger partial charge in [-0.2, -0.15) is 13.2 Å². The van der Waals surface area contributed by atoms with E-state index in [0.29, 0.717) is 18.7 Å². The Kier molecular flexibility index (Phi) is 12.6. The number of halogens is 3. The van der Waals surface area contributed by atoms with E-state index in [1.54, 1.807) is 4.90 Å². The molecule has 1 atom stereocenters. The topological polar surface area (TPSA) is 237 Å². The fourth-order valence-corrected chi connectivity index (χ4v) is 3.94. The van der Waals surface area contributed by atoms with Crippen LogP contribution in [-0.2, 0) is 25.6 Å². The first-order valence-corrected chi connectivity index (χ1v) is 13.1. The second-order valence-electron chi connectivity index (χ2n) is 9.60. The van der Waals surface area contributed by atoms with Gasteiger partial charge in [-0.25, -0.2) is 9.59 Å². The lowest BCUT2D eigenvalue weighted by Gasteiger charge is -2.20. The summed E-state index contributed by atoms with van der Waals surface area (Å²) < 4.78 is 37.4. The Labute approximate surface area is 253 Å². The number of carboxylic acids is 3. The largest absolute Gasteiger partial charge is 0.491 e. The predicted octanol–water partition coefficient (Wildman–Crippen LogP) is 1.69. The van der Waals surface area contributed by atoms with Crippen molar-refractivity contribution in [3.8, 4) is 5.75 Å². The number of ether oxygens (including phenoxy) is 1. The highest BCUT2D eigenvalue weighted by Crippen LogP contribution is 2.22. The molecular formula is C28H29F3N4O10. The molecule has 1 heterocycles. The Balaban J connectivity index is 0.000000900. The minimum Gasteiger partial charge on any atom is -0.491 e. The number of nitrogens with two attached hydrogens (primary N) is 1. The Morgan fingerprint density at radius 2 is 1.47 bits per heavy atom. The molecule has 0 aromatic heterocycles. The van der Waals surface area contributed by atoms with E-state index >= 15 is 0 Å². The minimum atomic E-state index is -5.08. The van der Waals surface area contributed by atoms with Gasteiger partial charge in [-0.3, -0.25) is 24.6 Å². The molecule has 17 heteroatoms. The van der Waals surface area contributed by atoms with Gasteiger partial charge >= 0.3 is 24.1 Å². The number of amidine groups is 1.